The molecule has 2 aliphatic rings. The van der Waals surface area contributed by atoms with E-state index >= 15 is 0 Å². The first-order chi connectivity index (χ1) is 11.2. The van der Waals surface area contributed by atoms with E-state index < -0.39 is 12.6 Å². The molecule has 5 nitrogen and oxygen atoms in total. The van der Waals surface area contributed by atoms with Crippen molar-refractivity contribution in [3.63, 3.8) is 0 Å². The van der Waals surface area contributed by atoms with Crippen LogP contribution < -0.4 is 16.4 Å². The van der Waals surface area contributed by atoms with Crippen LogP contribution in [0.25, 0.3) is 10.2 Å². The average molecular weight is 357 g/mol. The minimum atomic E-state index is -4.24. The molecule has 2 fully saturated rings. The predicted octanol–water partition coefficient (Wildman–Crippen LogP) is 2.70. The Morgan fingerprint density at radius 1 is 1.33 bits per heavy atom. The van der Waals surface area contributed by atoms with Crippen LogP contribution in [0.1, 0.15) is 24.1 Å². The molecule has 1 saturated carbocycles. The van der Waals surface area contributed by atoms with E-state index in [0.29, 0.717) is 16.0 Å². The minimum absolute atomic E-state index is 0.101. The van der Waals surface area contributed by atoms with E-state index in [1.807, 2.05) is 0 Å². The van der Waals surface area contributed by atoms with Gasteiger partial charge in [0.2, 0.25) is 5.95 Å². The Bertz CT molecular complexity index is 781. The zero-order chi connectivity index (χ0) is 17.1. The molecule has 0 atom stereocenters. The number of aromatic nitrogens is 2. The van der Waals surface area contributed by atoms with Crippen molar-refractivity contribution in [1.82, 2.24) is 9.97 Å². The number of nitrogens with two attached hydrogens (primary N) is 2. The molecule has 9 heteroatoms. The molecule has 4 N–H and O–H groups in total. The monoisotopic (exact) mass is 357 g/mol. The van der Waals surface area contributed by atoms with E-state index in [0.717, 1.165) is 43.7 Å². The van der Waals surface area contributed by atoms with Crippen LogP contribution in [0.3, 0.4) is 0 Å². The summed E-state index contributed by atoms with van der Waals surface area (Å²) >= 11 is 1.03. The Morgan fingerprint density at radius 3 is 2.75 bits per heavy atom. The van der Waals surface area contributed by atoms with Crippen LogP contribution in [0.5, 0.6) is 0 Å². The summed E-state index contributed by atoms with van der Waals surface area (Å²) in [6, 6.07) is 1.82. The van der Waals surface area contributed by atoms with Gasteiger partial charge in [-0.15, -0.1) is 11.3 Å². The second-order valence-electron chi connectivity index (χ2n) is 6.97. The fraction of sp³-hybridized carbons (Fsp3) is 0.600. The van der Waals surface area contributed by atoms with Gasteiger partial charge in [-0.1, -0.05) is 0 Å². The Morgan fingerprint density at radius 2 is 2.08 bits per heavy atom. The smallest absolute Gasteiger partial charge is 0.368 e. The maximum absolute atomic E-state index is 12.7. The van der Waals surface area contributed by atoms with Crippen LogP contribution in [-0.2, 0) is 6.42 Å². The van der Waals surface area contributed by atoms with Crippen molar-refractivity contribution >= 4 is 33.3 Å². The van der Waals surface area contributed by atoms with Gasteiger partial charge in [0.15, 0.2) is 0 Å². The molecular formula is C15H18F3N5S. The Balaban J connectivity index is 1.67. The molecule has 2 aromatic rings. The first-order valence-electron chi connectivity index (χ1n) is 7.86. The summed E-state index contributed by atoms with van der Waals surface area (Å²) in [7, 11) is 0. The van der Waals surface area contributed by atoms with Crippen LogP contribution >= 0.6 is 11.3 Å². The van der Waals surface area contributed by atoms with Crippen molar-refractivity contribution in [3.8, 4) is 0 Å². The number of nitrogen functional groups attached to an aromatic ring is 1. The molecule has 1 saturated heterocycles. The number of anilines is 2. The maximum atomic E-state index is 12.7. The van der Waals surface area contributed by atoms with Crippen LogP contribution in [0.4, 0.5) is 24.9 Å². The van der Waals surface area contributed by atoms with Crippen LogP contribution in [-0.4, -0.2) is 35.3 Å². The molecule has 2 aromatic heterocycles. The van der Waals surface area contributed by atoms with E-state index in [2.05, 4.69) is 14.9 Å². The van der Waals surface area contributed by atoms with Gasteiger partial charge in [-0.2, -0.15) is 18.2 Å². The number of nitrogens with zero attached hydrogens (tertiary/aromatic N) is 3. The second-order valence-corrected chi connectivity index (χ2v) is 8.08. The molecule has 0 aromatic carbocycles. The second kappa shape index (κ2) is 5.19. The Hall–Kier alpha value is -1.61. The van der Waals surface area contributed by atoms with Crippen molar-refractivity contribution in [2.75, 3.05) is 23.7 Å². The summed E-state index contributed by atoms with van der Waals surface area (Å²) in [6.45, 7) is 1.65. The molecular weight excluding hydrogens is 339 g/mol. The third-order valence-corrected chi connectivity index (χ3v) is 5.97. The molecule has 0 amide bonds. The molecule has 24 heavy (non-hydrogen) atoms. The molecule has 130 valence electrons. The molecule has 4 rings (SSSR count). The summed E-state index contributed by atoms with van der Waals surface area (Å²) in [4.78, 5) is 11.3. The highest BCUT2D eigenvalue weighted by Crippen LogP contribution is 2.49. The van der Waals surface area contributed by atoms with Crippen molar-refractivity contribution in [2.45, 2.75) is 37.9 Å². The van der Waals surface area contributed by atoms with Gasteiger partial charge in [0.25, 0.3) is 0 Å². The Labute approximate surface area is 140 Å². The van der Waals surface area contributed by atoms with Gasteiger partial charge in [0.1, 0.15) is 10.6 Å². The van der Waals surface area contributed by atoms with Gasteiger partial charge in [0, 0.05) is 24.0 Å². The lowest BCUT2D eigenvalue weighted by atomic mass is 9.65. The number of alkyl halides is 3. The van der Waals surface area contributed by atoms with E-state index in [9.17, 15) is 13.2 Å². The van der Waals surface area contributed by atoms with Gasteiger partial charge in [-0.25, -0.2) is 4.98 Å². The highest BCUT2D eigenvalue weighted by molar-refractivity contribution is 7.18. The summed E-state index contributed by atoms with van der Waals surface area (Å²) < 4.78 is 38.0. The summed E-state index contributed by atoms with van der Waals surface area (Å²) in [5.41, 5.74) is 11.9. The number of thiophene rings is 1. The van der Waals surface area contributed by atoms with Crippen molar-refractivity contribution in [3.05, 3.63) is 10.9 Å². The van der Waals surface area contributed by atoms with E-state index in [1.54, 1.807) is 6.07 Å². The molecule has 0 unspecified atom stereocenters. The summed E-state index contributed by atoms with van der Waals surface area (Å²) in [6.07, 6.45) is -2.16. The predicted molar refractivity (Wildman–Crippen MR) is 88.1 cm³/mol. The van der Waals surface area contributed by atoms with Gasteiger partial charge in [-0.05, 0) is 30.7 Å². The zero-order valence-electron chi connectivity index (χ0n) is 12.9. The van der Waals surface area contributed by atoms with E-state index in [1.165, 1.54) is 0 Å². The average Bonchev–Trinajstić information content (AvgIpc) is 2.99. The topological polar surface area (TPSA) is 81.1 Å². The van der Waals surface area contributed by atoms with E-state index in [4.69, 9.17) is 11.5 Å². The van der Waals surface area contributed by atoms with Gasteiger partial charge in [0.05, 0.1) is 11.8 Å². The number of hydrogen-bond donors (Lipinski definition) is 2. The molecule has 0 radical (unpaired) electrons. The zero-order valence-corrected chi connectivity index (χ0v) is 13.8. The van der Waals surface area contributed by atoms with Crippen molar-refractivity contribution < 1.29 is 13.2 Å². The lowest BCUT2D eigenvalue weighted by molar-refractivity contribution is -0.126. The highest BCUT2D eigenvalue weighted by atomic mass is 32.1. The number of rotatable bonds is 2. The number of fused-ring (bicyclic) bond motifs is 1. The minimum Gasteiger partial charge on any atom is -0.368 e. The van der Waals surface area contributed by atoms with E-state index in [-0.39, 0.29) is 22.3 Å². The fourth-order valence-electron chi connectivity index (χ4n) is 4.00. The molecule has 1 aliphatic heterocycles. The summed E-state index contributed by atoms with van der Waals surface area (Å²) in [5, 5.41) is 0.661. The SMILES string of the molecule is Nc1nc(N2CCC3(CC(N)C3)C2)c2cc(CC(F)(F)F)sc2n1. The highest BCUT2D eigenvalue weighted by Gasteiger charge is 2.47. The first kappa shape index (κ1) is 15.9. The molecule has 3 heterocycles. The fourth-order valence-corrected chi connectivity index (χ4v) is 5.06. The number of hydrogen-bond acceptors (Lipinski definition) is 6. The normalized spacial score (nSPS) is 27.2. The van der Waals surface area contributed by atoms with Crippen molar-refractivity contribution in [1.29, 1.82) is 0 Å². The summed E-state index contributed by atoms with van der Waals surface area (Å²) in [5.74, 6) is 0.753. The molecule has 1 spiro atoms. The maximum Gasteiger partial charge on any atom is 0.393 e. The van der Waals surface area contributed by atoms with Gasteiger partial charge >= 0.3 is 6.18 Å². The first-order valence-corrected chi connectivity index (χ1v) is 8.68. The van der Waals surface area contributed by atoms with Crippen LogP contribution in [0.2, 0.25) is 0 Å². The lowest BCUT2D eigenvalue weighted by Gasteiger charge is -2.43. The van der Waals surface area contributed by atoms with Gasteiger partial charge < -0.3 is 16.4 Å². The third kappa shape index (κ3) is 2.79. The molecule has 0 bridgehead atoms. The quantitative estimate of drug-likeness (QED) is 0.864. The van der Waals surface area contributed by atoms with Gasteiger partial charge in [-0.3, -0.25) is 0 Å². The Kier molecular flexibility index (Phi) is 3.44. The van der Waals surface area contributed by atoms with Crippen molar-refractivity contribution in [2.24, 2.45) is 11.1 Å². The van der Waals surface area contributed by atoms with Crippen LogP contribution in [0.15, 0.2) is 6.07 Å². The third-order valence-electron chi connectivity index (χ3n) is 4.94. The standard InChI is InChI=1S/C15H18F3N5S/c16-15(17,18)6-9-3-10-11(21-13(20)22-12(10)24-9)23-2-1-14(7-23)4-8(19)5-14/h3,8H,1-2,4-7,19H2,(H2,20,21,22). The lowest BCUT2D eigenvalue weighted by Crippen LogP contribution is -2.47. The van der Waals surface area contributed by atoms with Crippen LogP contribution in [0, 0.1) is 5.41 Å². The number of halogens is 3. The molecule has 1 aliphatic carbocycles. The largest absolute Gasteiger partial charge is 0.393 e.